The number of ether oxygens (including phenoxy) is 4. The Morgan fingerprint density at radius 2 is 1.21 bits per heavy atom. The minimum absolute atomic E-state index is 0.610. The number of methoxy groups -OCH3 is 1. The summed E-state index contributed by atoms with van der Waals surface area (Å²) in [6.07, 6.45) is 2.34. The minimum atomic E-state index is 0.610. The molecule has 0 bridgehead atoms. The van der Waals surface area contributed by atoms with Crippen molar-refractivity contribution in [2.24, 2.45) is 0 Å². The van der Waals surface area contributed by atoms with Crippen molar-refractivity contribution in [1.82, 2.24) is 5.32 Å². The maximum absolute atomic E-state index is 5.47. The third kappa shape index (κ3) is 14.0. The van der Waals surface area contributed by atoms with E-state index in [-0.39, 0.29) is 0 Å². The summed E-state index contributed by atoms with van der Waals surface area (Å²) in [6, 6.07) is 0.615. The number of hydrogen-bond acceptors (Lipinski definition) is 5. The maximum atomic E-state index is 5.47. The quantitative estimate of drug-likeness (QED) is 0.459. The first kappa shape index (κ1) is 18.8. The first-order chi connectivity index (χ1) is 9.35. The third-order valence-corrected chi connectivity index (χ3v) is 2.84. The molecule has 0 aliphatic carbocycles. The van der Waals surface area contributed by atoms with E-state index in [1.807, 2.05) is 0 Å². The van der Waals surface area contributed by atoms with Gasteiger partial charge in [-0.05, 0) is 12.8 Å². The molecule has 0 fully saturated rings. The normalized spacial score (nSPS) is 11.4. The van der Waals surface area contributed by atoms with Crippen molar-refractivity contribution in [3.05, 3.63) is 0 Å². The van der Waals surface area contributed by atoms with Crippen LogP contribution in [0.25, 0.3) is 0 Å². The Balaban J connectivity index is 3.02. The molecule has 0 aliphatic rings. The lowest BCUT2D eigenvalue weighted by Crippen LogP contribution is -2.31. The average molecular weight is 277 g/mol. The van der Waals surface area contributed by atoms with Crippen LogP contribution in [0, 0.1) is 0 Å². The second-order valence-corrected chi connectivity index (χ2v) is 4.30. The van der Waals surface area contributed by atoms with Gasteiger partial charge in [0, 0.05) is 19.7 Å². The summed E-state index contributed by atoms with van der Waals surface area (Å²) < 4.78 is 21.0. The molecule has 0 unspecified atom stereocenters. The van der Waals surface area contributed by atoms with E-state index < -0.39 is 0 Å². The van der Waals surface area contributed by atoms with Crippen LogP contribution in [0.5, 0.6) is 0 Å². The molecule has 5 heteroatoms. The number of nitrogens with one attached hydrogen (secondary N) is 1. The van der Waals surface area contributed by atoms with Crippen LogP contribution in [-0.4, -0.2) is 65.9 Å². The zero-order valence-electron chi connectivity index (χ0n) is 12.8. The summed E-state index contributed by atoms with van der Waals surface area (Å²) in [5.74, 6) is 0. The highest BCUT2D eigenvalue weighted by Gasteiger charge is 2.00. The van der Waals surface area contributed by atoms with Crippen LogP contribution in [0.3, 0.4) is 0 Å². The molecule has 0 aromatic carbocycles. The number of rotatable bonds is 15. The average Bonchev–Trinajstić information content (AvgIpc) is 2.44. The van der Waals surface area contributed by atoms with E-state index in [1.165, 1.54) is 12.8 Å². The predicted octanol–water partition coefficient (Wildman–Crippen LogP) is 1.46. The summed E-state index contributed by atoms with van der Waals surface area (Å²) >= 11 is 0. The number of hydrogen-bond donors (Lipinski definition) is 1. The summed E-state index contributed by atoms with van der Waals surface area (Å²) in [4.78, 5) is 0. The largest absolute Gasteiger partial charge is 0.382 e. The molecule has 19 heavy (non-hydrogen) atoms. The molecule has 0 rings (SSSR count). The summed E-state index contributed by atoms with van der Waals surface area (Å²) in [7, 11) is 1.66. The van der Waals surface area contributed by atoms with Crippen molar-refractivity contribution < 1.29 is 18.9 Å². The summed E-state index contributed by atoms with van der Waals surface area (Å²) in [5.41, 5.74) is 0. The van der Waals surface area contributed by atoms with Crippen molar-refractivity contribution in [1.29, 1.82) is 0 Å². The lowest BCUT2D eigenvalue weighted by atomic mass is 10.2. The van der Waals surface area contributed by atoms with Gasteiger partial charge in [-0.25, -0.2) is 0 Å². The van der Waals surface area contributed by atoms with Gasteiger partial charge < -0.3 is 24.3 Å². The molecule has 116 valence electrons. The monoisotopic (exact) mass is 277 g/mol. The van der Waals surface area contributed by atoms with E-state index in [1.54, 1.807) is 7.11 Å². The SMILES string of the molecule is CCC(CC)NCCOCCOCCOCCOC. The van der Waals surface area contributed by atoms with Gasteiger partial charge in [0.1, 0.15) is 0 Å². The van der Waals surface area contributed by atoms with Gasteiger partial charge in [-0.1, -0.05) is 13.8 Å². The molecule has 0 spiro atoms. The Bertz CT molecular complexity index is 166. The highest BCUT2D eigenvalue weighted by atomic mass is 16.6. The van der Waals surface area contributed by atoms with E-state index in [9.17, 15) is 0 Å². The minimum Gasteiger partial charge on any atom is -0.382 e. The van der Waals surface area contributed by atoms with Gasteiger partial charge in [-0.3, -0.25) is 0 Å². The Kier molecular flexibility index (Phi) is 15.7. The topological polar surface area (TPSA) is 49.0 Å². The molecule has 5 nitrogen and oxygen atoms in total. The van der Waals surface area contributed by atoms with E-state index in [4.69, 9.17) is 18.9 Å². The fourth-order valence-corrected chi connectivity index (χ4v) is 1.60. The van der Waals surface area contributed by atoms with Gasteiger partial charge in [0.2, 0.25) is 0 Å². The lowest BCUT2D eigenvalue weighted by molar-refractivity contribution is 0.00391. The summed E-state index contributed by atoms with van der Waals surface area (Å²) in [6.45, 7) is 9.79. The molecular weight excluding hydrogens is 246 g/mol. The van der Waals surface area contributed by atoms with Crippen LogP contribution in [0.1, 0.15) is 26.7 Å². The molecule has 0 atom stereocenters. The third-order valence-electron chi connectivity index (χ3n) is 2.84. The standard InChI is InChI=1S/C14H31NO4/c1-4-14(5-2)15-6-7-17-10-11-19-13-12-18-9-8-16-3/h14-15H,4-13H2,1-3H3. The van der Waals surface area contributed by atoms with Crippen LogP contribution in [0.4, 0.5) is 0 Å². The van der Waals surface area contributed by atoms with Crippen LogP contribution in [0.2, 0.25) is 0 Å². The fourth-order valence-electron chi connectivity index (χ4n) is 1.60. The second-order valence-electron chi connectivity index (χ2n) is 4.30. The smallest absolute Gasteiger partial charge is 0.0701 e. The van der Waals surface area contributed by atoms with Crippen LogP contribution in [-0.2, 0) is 18.9 Å². The predicted molar refractivity (Wildman–Crippen MR) is 76.7 cm³/mol. The molecule has 1 N–H and O–H groups in total. The van der Waals surface area contributed by atoms with Gasteiger partial charge in [-0.15, -0.1) is 0 Å². The van der Waals surface area contributed by atoms with Crippen molar-refractivity contribution >= 4 is 0 Å². The van der Waals surface area contributed by atoms with E-state index in [0.717, 1.165) is 13.2 Å². The van der Waals surface area contributed by atoms with E-state index in [2.05, 4.69) is 19.2 Å². The van der Waals surface area contributed by atoms with Gasteiger partial charge in [-0.2, -0.15) is 0 Å². The maximum Gasteiger partial charge on any atom is 0.0701 e. The molecule has 0 saturated carbocycles. The van der Waals surface area contributed by atoms with Crippen LogP contribution >= 0.6 is 0 Å². The van der Waals surface area contributed by atoms with Crippen LogP contribution < -0.4 is 5.32 Å². The Morgan fingerprint density at radius 3 is 1.68 bits per heavy atom. The molecule has 0 radical (unpaired) electrons. The zero-order chi connectivity index (χ0) is 14.2. The molecule has 0 amide bonds. The van der Waals surface area contributed by atoms with Gasteiger partial charge >= 0.3 is 0 Å². The highest BCUT2D eigenvalue weighted by Crippen LogP contribution is 1.94. The zero-order valence-corrected chi connectivity index (χ0v) is 12.8. The molecule has 0 aromatic rings. The second kappa shape index (κ2) is 15.9. The van der Waals surface area contributed by atoms with Crippen molar-refractivity contribution in [3.63, 3.8) is 0 Å². The molecule has 0 aromatic heterocycles. The molecule has 0 heterocycles. The lowest BCUT2D eigenvalue weighted by Gasteiger charge is -2.14. The van der Waals surface area contributed by atoms with E-state index in [0.29, 0.717) is 45.7 Å². The Labute approximate surface area is 117 Å². The van der Waals surface area contributed by atoms with Crippen molar-refractivity contribution in [2.45, 2.75) is 32.7 Å². The van der Waals surface area contributed by atoms with E-state index >= 15 is 0 Å². The Hall–Kier alpha value is -0.200. The van der Waals surface area contributed by atoms with Crippen molar-refractivity contribution in [3.8, 4) is 0 Å². The molecule has 0 aliphatic heterocycles. The van der Waals surface area contributed by atoms with Crippen LogP contribution in [0.15, 0.2) is 0 Å². The van der Waals surface area contributed by atoms with Gasteiger partial charge in [0.05, 0.1) is 46.2 Å². The first-order valence-corrected chi connectivity index (χ1v) is 7.30. The molecular formula is C14H31NO4. The summed E-state index contributed by atoms with van der Waals surface area (Å²) in [5, 5.41) is 3.45. The van der Waals surface area contributed by atoms with Gasteiger partial charge in [0.15, 0.2) is 0 Å². The fraction of sp³-hybridized carbons (Fsp3) is 1.00. The van der Waals surface area contributed by atoms with Gasteiger partial charge in [0.25, 0.3) is 0 Å². The first-order valence-electron chi connectivity index (χ1n) is 7.30. The Morgan fingerprint density at radius 1 is 0.737 bits per heavy atom. The molecule has 0 saturated heterocycles. The highest BCUT2D eigenvalue weighted by molar-refractivity contribution is 4.61. The van der Waals surface area contributed by atoms with Crippen molar-refractivity contribution in [2.75, 3.05) is 59.9 Å².